The number of hydrogen-bond acceptors (Lipinski definition) is 0. The average Bonchev–Trinajstić information content (AvgIpc) is 2.14. The Morgan fingerprint density at radius 3 is 0.724 bits per heavy atom. The molecule has 0 aliphatic rings. The van der Waals surface area contributed by atoms with E-state index >= 15 is 0 Å². The van der Waals surface area contributed by atoms with E-state index in [2.05, 4.69) is 124 Å². The van der Waals surface area contributed by atoms with Crippen LogP contribution in [0.3, 0.4) is 0 Å². The van der Waals surface area contributed by atoms with Crippen molar-refractivity contribution in [3.05, 3.63) is 0 Å². The van der Waals surface area contributed by atoms with Gasteiger partial charge < -0.3 is 0 Å². The van der Waals surface area contributed by atoms with E-state index < -0.39 is 58.3 Å². The van der Waals surface area contributed by atoms with Gasteiger partial charge in [0.1, 0.15) is 0 Å². The van der Waals surface area contributed by atoms with Crippen molar-refractivity contribution >= 4 is 65.7 Å². The number of hydrogen-bond donors (Lipinski definition) is 0. The first-order chi connectivity index (χ1) is 11.6. The first kappa shape index (κ1) is 34.8. The SMILES string of the molecule is C[Si](C)(C)[Si-]([Si](C)(C)C)[Si](C)(C)[Si](C)(C)[Si]([Si](C)(C)C)([Si](C)(C)C)[Si](C)(C)C.[K+]. The largest absolute Gasteiger partial charge is 1.00 e. The van der Waals surface area contributed by atoms with Crippen LogP contribution in [0.15, 0.2) is 0 Å². The maximum Gasteiger partial charge on any atom is 1.00 e. The van der Waals surface area contributed by atoms with E-state index in [1.807, 2.05) is 0 Å². The van der Waals surface area contributed by atoms with Crippen molar-refractivity contribution in [2.75, 3.05) is 0 Å². The molecule has 10 heteroatoms. The van der Waals surface area contributed by atoms with Crippen molar-refractivity contribution in [3.63, 3.8) is 0 Å². The molecule has 0 heterocycles. The Morgan fingerprint density at radius 1 is 0.379 bits per heavy atom. The third-order valence-electron chi connectivity index (χ3n) is 8.00. The quantitative estimate of drug-likeness (QED) is 0.368. The van der Waals surface area contributed by atoms with E-state index in [1.165, 1.54) is 0 Å². The monoisotopic (exact) mass is 576 g/mol. The number of rotatable bonds is 8. The molecule has 0 radical (unpaired) electrons. The maximum atomic E-state index is 3.03. The van der Waals surface area contributed by atoms with E-state index in [0.29, 0.717) is 0 Å². The summed E-state index contributed by atoms with van der Waals surface area (Å²) in [5.41, 5.74) is 0. The van der Waals surface area contributed by atoms with Crippen LogP contribution in [0.5, 0.6) is 0 Å². The van der Waals surface area contributed by atoms with Gasteiger partial charge in [-0.25, -0.2) is 0 Å². The predicted molar refractivity (Wildman–Crippen MR) is 163 cm³/mol. The Labute approximate surface area is 238 Å². The Hall–Kier alpha value is 3.59. The van der Waals surface area contributed by atoms with Crippen molar-refractivity contribution in [3.8, 4) is 0 Å². The summed E-state index contributed by atoms with van der Waals surface area (Å²) in [5, 5.41) is 0. The van der Waals surface area contributed by atoms with Crippen molar-refractivity contribution < 1.29 is 51.4 Å². The molecule has 0 nitrogen and oxygen atoms in total. The molecule has 0 saturated heterocycles. The second-order valence-corrected chi connectivity index (χ2v) is 114. The molecule has 0 rings (SSSR count). The normalized spacial score (nSPS) is 16.1. The van der Waals surface area contributed by atoms with E-state index in [4.69, 9.17) is 0 Å². The van der Waals surface area contributed by atoms with Gasteiger partial charge in [0.15, 0.2) is 0 Å². The average molecular weight is 578 g/mol. The molecule has 0 atom stereocenters. The van der Waals surface area contributed by atoms with Crippen LogP contribution in [-0.4, -0.2) is 65.7 Å². The second kappa shape index (κ2) is 9.92. The summed E-state index contributed by atoms with van der Waals surface area (Å²) in [6.45, 7) is 54.4. The summed E-state index contributed by atoms with van der Waals surface area (Å²) in [6, 6.07) is 0. The summed E-state index contributed by atoms with van der Waals surface area (Å²) in [7, 11) is -8.60. The van der Waals surface area contributed by atoms with Crippen LogP contribution in [0.1, 0.15) is 0 Å². The Morgan fingerprint density at radius 2 is 0.586 bits per heavy atom. The maximum absolute atomic E-state index is 3.03. The molecule has 0 spiro atoms. The molecule has 0 amide bonds. The molecule has 170 valence electrons. The summed E-state index contributed by atoms with van der Waals surface area (Å²) >= 11 is 0. The summed E-state index contributed by atoms with van der Waals surface area (Å²) in [4.78, 5) is 0. The smallest absolute Gasteiger partial charge is 0.254 e. The molecular formula is C19H57KSi9. The van der Waals surface area contributed by atoms with Gasteiger partial charge >= 0.3 is 51.4 Å². The first-order valence-corrected chi connectivity index (χ1v) is 46.5. The summed E-state index contributed by atoms with van der Waals surface area (Å²) in [6.07, 6.45) is -1.30. The molecule has 0 aromatic carbocycles. The summed E-state index contributed by atoms with van der Waals surface area (Å²) < 4.78 is 0. The van der Waals surface area contributed by atoms with E-state index in [1.54, 1.807) is 0 Å². The van der Waals surface area contributed by atoms with Crippen LogP contribution in [0.25, 0.3) is 0 Å². The van der Waals surface area contributed by atoms with Crippen LogP contribution < -0.4 is 51.4 Å². The molecule has 0 saturated carbocycles. The topological polar surface area (TPSA) is 0 Å². The third kappa shape index (κ3) is 6.24. The van der Waals surface area contributed by atoms with Crippen molar-refractivity contribution in [2.24, 2.45) is 0 Å². The fourth-order valence-corrected chi connectivity index (χ4v) is 387. The molecule has 0 bridgehead atoms. The Bertz CT molecular complexity index is 503. The van der Waals surface area contributed by atoms with Gasteiger partial charge in [-0.1, -0.05) is 124 Å². The van der Waals surface area contributed by atoms with Crippen molar-refractivity contribution in [2.45, 2.75) is 124 Å². The molecule has 0 aliphatic heterocycles. The van der Waals surface area contributed by atoms with Gasteiger partial charge in [-0.15, -0.1) is 22.3 Å². The van der Waals surface area contributed by atoms with Gasteiger partial charge in [0, 0.05) is 28.9 Å². The minimum atomic E-state index is -1.32. The van der Waals surface area contributed by atoms with Gasteiger partial charge in [0.05, 0.1) is 0 Å². The zero-order valence-corrected chi connectivity index (χ0v) is 36.6. The van der Waals surface area contributed by atoms with Gasteiger partial charge in [-0.3, -0.25) is 7.35 Å². The third-order valence-corrected chi connectivity index (χ3v) is 218. The minimum Gasteiger partial charge on any atom is -0.254 e. The second-order valence-electron chi connectivity index (χ2n) is 15.6. The van der Waals surface area contributed by atoms with Crippen LogP contribution in [-0.2, 0) is 0 Å². The van der Waals surface area contributed by atoms with Crippen molar-refractivity contribution in [1.29, 1.82) is 0 Å². The van der Waals surface area contributed by atoms with Crippen LogP contribution >= 0.6 is 0 Å². The predicted octanol–water partition coefficient (Wildman–Crippen LogP) is 4.67. The van der Waals surface area contributed by atoms with Crippen LogP contribution in [0.4, 0.5) is 0 Å². The molecule has 0 N–H and O–H groups in total. The fraction of sp³-hybridized carbons (Fsp3) is 1.00. The fourth-order valence-electron chi connectivity index (χ4n) is 9.97. The van der Waals surface area contributed by atoms with Crippen molar-refractivity contribution in [1.82, 2.24) is 0 Å². The molecule has 29 heavy (non-hydrogen) atoms. The first-order valence-electron chi connectivity index (χ1n) is 11.5. The summed E-state index contributed by atoms with van der Waals surface area (Å²) in [5.74, 6) is 0. The van der Waals surface area contributed by atoms with E-state index in [0.717, 1.165) is 0 Å². The molecule has 0 unspecified atom stereocenters. The zero-order chi connectivity index (χ0) is 23.6. The molecule has 0 aromatic rings. The molecule has 0 aliphatic carbocycles. The molecular weight excluding hydrogens is 520 g/mol. The molecule has 0 fully saturated rings. The molecule has 0 aromatic heterocycles. The Balaban J connectivity index is 0. The van der Waals surface area contributed by atoms with Gasteiger partial charge in [0.2, 0.25) is 0 Å². The Kier molecular flexibility index (Phi) is 11.9. The standard InChI is InChI=1S/C19H57Si9.K/c1-21(2,3)20(22(4,5)6)26(16,17)27(18,19)28(23(7,8)9,24(10,11)12)25(13,14)15;/h1-19H3;/q-1;+1. The van der Waals surface area contributed by atoms with Gasteiger partial charge in [-0.2, -0.15) is 0 Å². The van der Waals surface area contributed by atoms with E-state index in [-0.39, 0.29) is 58.7 Å². The van der Waals surface area contributed by atoms with Crippen LogP contribution in [0.2, 0.25) is 124 Å². The van der Waals surface area contributed by atoms with Crippen LogP contribution in [0, 0.1) is 0 Å². The van der Waals surface area contributed by atoms with Gasteiger partial charge in [0.25, 0.3) is 0 Å². The van der Waals surface area contributed by atoms with Gasteiger partial charge in [-0.05, 0) is 7.11 Å². The minimum absolute atomic E-state index is 0. The zero-order valence-electron chi connectivity index (χ0n) is 24.5. The van der Waals surface area contributed by atoms with E-state index in [9.17, 15) is 0 Å².